The number of carboxylic acids is 1. The number of aromatic hydroxyl groups is 1. The summed E-state index contributed by atoms with van der Waals surface area (Å²) in [6, 6.07) is 4.62. The first-order chi connectivity index (χ1) is 16.7. The summed E-state index contributed by atoms with van der Waals surface area (Å²) < 4.78 is 6.54. The number of ether oxygens (including phenoxy) is 1. The average Bonchev–Trinajstić information content (AvgIpc) is 2.83. The van der Waals surface area contributed by atoms with Gasteiger partial charge in [0.1, 0.15) is 11.6 Å². The summed E-state index contributed by atoms with van der Waals surface area (Å²) in [5.74, 6) is -3.62. The molecule has 3 heterocycles. The molecule has 1 saturated heterocycles. The number of anilines is 1. The number of carboxylic acid groups (broad SMARTS) is 1. The molecule has 3 N–H and O–H groups in total. The fourth-order valence-corrected chi connectivity index (χ4v) is 4.51. The van der Waals surface area contributed by atoms with E-state index in [1.165, 1.54) is 9.47 Å². The number of aromatic carboxylic acids is 1. The fourth-order valence-electron chi connectivity index (χ4n) is 4.51. The van der Waals surface area contributed by atoms with Gasteiger partial charge < -0.3 is 29.7 Å². The van der Waals surface area contributed by atoms with Crippen molar-refractivity contribution < 1.29 is 29.3 Å². The molecule has 1 atom stereocenters. The van der Waals surface area contributed by atoms with Crippen LogP contribution in [0.2, 0.25) is 0 Å². The third-order valence-electron chi connectivity index (χ3n) is 6.49. The van der Waals surface area contributed by atoms with Crippen molar-refractivity contribution in [3.63, 3.8) is 0 Å². The maximum Gasteiger partial charge on any atom is 0.341 e. The molecule has 2 aliphatic rings. The van der Waals surface area contributed by atoms with Crippen LogP contribution in [0.25, 0.3) is 0 Å². The topological polar surface area (TPSA) is 141 Å². The van der Waals surface area contributed by atoms with Crippen molar-refractivity contribution in [2.45, 2.75) is 26.4 Å². The third-order valence-corrected chi connectivity index (χ3v) is 6.49. The van der Waals surface area contributed by atoms with Crippen LogP contribution in [0.1, 0.15) is 32.0 Å². The minimum atomic E-state index is -1.53. The number of benzene rings is 1. The van der Waals surface area contributed by atoms with Crippen molar-refractivity contribution in [2.24, 2.45) is 0 Å². The SMILES string of the molecule is Cc1cccc(C)c1NC(=O)C1Cn2cc(C(=O)O)c(=O)c(O)c2C(=O)N1CCN1CCOCC1. The summed E-state index contributed by atoms with van der Waals surface area (Å²) in [4.78, 5) is 54.2. The Hall–Kier alpha value is -3.70. The van der Waals surface area contributed by atoms with Gasteiger partial charge in [-0.3, -0.25) is 19.3 Å². The highest BCUT2D eigenvalue weighted by Gasteiger charge is 2.40. The predicted octanol–water partition coefficient (Wildman–Crippen LogP) is 0.664. The zero-order chi connectivity index (χ0) is 25.3. The molecule has 0 bridgehead atoms. The first-order valence-corrected chi connectivity index (χ1v) is 11.4. The Bertz CT molecular complexity index is 1210. The molecule has 1 aromatic carbocycles. The second-order valence-corrected chi connectivity index (χ2v) is 8.75. The number of nitrogens with zero attached hydrogens (tertiary/aromatic N) is 3. The Labute approximate surface area is 201 Å². The van der Waals surface area contributed by atoms with E-state index in [4.69, 9.17) is 4.74 Å². The Morgan fingerprint density at radius 3 is 2.40 bits per heavy atom. The van der Waals surface area contributed by atoms with Gasteiger partial charge in [-0.2, -0.15) is 0 Å². The Kier molecular flexibility index (Phi) is 6.90. The van der Waals surface area contributed by atoms with Crippen molar-refractivity contribution in [1.29, 1.82) is 0 Å². The highest BCUT2D eigenvalue weighted by atomic mass is 16.5. The molecule has 1 unspecified atom stereocenters. The quantitative estimate of drug-likeness (QED) is 0.543. The molecular weight excluding hydrogens is 456 g/mol. The lowest BCUT2D eigenvalue weighted by Gasteiger charge is -2.38. The molecular formula is C24H28N4O7. The van der Waals surface area contributed by atoms with E-state index in [2.05, 4.69) is 10.2 Å². The molecule has 2 aromatic rings. The molecule has 35 heavy (non-hydrogen) atoms. The van der Waals surface area contributed by atoms with Crippen molar-refractivity contribution in [3.05, 3.63) is 57.0 Å². The molecule has 186 valence electrons. The number of morpholine rings is 1. The van der Waals surface area contributed by atoms with Gasteiger partial charge in [0.2, 0.25) is 11.3 Å². The number of amides is 2. The molecule has 11 heteroatoms. The van der Waals surface area contributed by atoms with Crippen LogP contribution in [0.4, 0.5) is 5.69 Å². The number of carbonyl (C=O) groups is 3. The van der Waals surface area contributed by atoms with Gasteiger partial charge in [-0.15, -0.1) is 0 Å². The second kappa shape index (κ2) is 9.88. The molecule has 4 rings (SSSR count). The van der Waals surface area contributed by atoms with Crippen molar-refractivity contribution in [1.82, 2.24) is 14.4 Å². The van der Waals surface area contributed by atoms with E-state index in [0.29, 0.717) is 38.5 Å². The summed E-state index contributed by atoms with van der Waals surface area (Å²) in [6.07, 6.45) is 1.01. The number of hydrogen-bond donors (Lipinski definition) is 3. The molecule has 1 fully saturated rings. The first-order valence-electron chi connectivity index (χ1n) is 11.4. The van der Waals surface area contributed by atoms with Crippen LogP contribution in [0, 0.1) is 13.8 Å². The van der Waals surface area contributed by atoms with Gasteiger partial charge in [0.05, 0.1) is 19.8 Å². The monoisotopic (exact) mass is 484 g/mol. The molecule has 0 radical (unpaired) electrons. The van der Waals surface area contributed by atoms with Gasteiger partial charge in [-0.25, -0.2) is 4.79 Å². The number of pyridine rings is 1. The van der Waals surface area contributed by atoms with Crippen LogP contribution in [0.15, 0.2) is 29.2 Å². The van der Waals surface area contributed by atoms with E-state index >= 15 is 0 Å². The van der Waals surface area contributed by atoms with Crippen LogP contribution in [0.3, 0.4) is 0 Å². The number of fused-ring (bicyclic) bond motifs is 1. The molecule has 2 amide bonds. The minimum Gasteiger partial charge on any atom is -0.503 e. The number of hydrogen-bond acceptors (Lipinski definition) is 7. The van der Waals surface area contributed by atoms with Crippen LogP contribution in [0.5, 0.6) is 5.75 Å². The van der Waals surface area contributed by atoms with Gasteiger partial charge in [0.25, 0.3) is 5.91 Å². The van der Waals surface area contributed by atoms with E-state index in [1.54, 1.807) is 0 Å². The van der Waals surface area contributed by atoms with Gasteiger partial charge in [-0.05, 0) is 25.0 Å². The average molecular weight is 485 g/mol. The van der Waals surface area contributed by atoms with E-state index < -0.39 is 40.6 Å². The molecule has 11 nitrogen and oxygen atoms in total. The zero-order valence-corrected chi connectivity index (χ0v) is 19.6. The normalized spacial score (nSPS) is 18.3. The third kappa shape index (κ3) is 4.77. The van der Waals surface area contributed by atoms with Crippen LogP contribution in [-0.4, -0.2) is 87.8 Å². The molecule has 2 aliphatic heterocycles. The number of nitrogens with one attached hydrogen (secondary N) is 1. The summed E-state index contributed by atoms with van der Waals surface area (Å²) in [5.41, 5.74) is 0.222. The molecule has 0 spiro atoms. The maximum atomic E-state index is 13.5. The van der Waals surface area contributed by atoms with E-state index in [1.807, 2.05) is 32.0 Å². The van der Waals surface area contributed by atoms with Gasteiger partial charge in [-0.1, -0.05) is 18.2 Å². The minimum absolute atomic E-state index is 0.116. The highest BCUT2D eigenvalue weighted by molar-refractivity contribution is 6.03. The van der Waals surface area contributed by atoms with Gasteiger partial charge in [0, 0.05) is 38.1 Å². The number of para-hydroxylation sites is 1. The van der Waals surface area contributed by atoms with Crippen molar-refractivity contribution >= 4 is 23.5 Å². The number of carbonyl (C=O) groups excluding carboxylic acids is 2. The number of aryl methyl sites for hydroxylation is 2. The largest absolute Gasteiger partial charge is 0.503 e. The van der Waals surface area contributed by atoms with Crippen molar-refractivity contribution in [2.75, 3.05) is 44.7 Å². The second-order valence-electron chi connectivity index (χ2n) is 8.75. The number of aromatic nitrogens is 1. The molecule has 0 aliphatic carbocycles. The van der Waals surface area contributed by atoms with Crippen LogP contribution >= 0.6 is 0 Å². The lowest BCUT2D eigenvalue weighted by atomic mass is 10.1. The number of rotatable bonds is 6. The van der Waals surface area contributed by atoms with E-state index in [-0.39, 0.29) is 18.8 Å². The standard InChI is InChI=1S/C24H28N4O7/c1-14-4-3-5-15(2)18(14)25-22(31)17-13-27-12-16(24(33)34)20(29)21(30)19(27)23(32)28(17)7-6-26-8-10-35-11-9-26/h3-5,12,17,30H,6-11,13H2,1-2H3,(H,25,31)(H,33,34). The smallest absolute Gasteiger partial charge is 0.341 e. The van der Waals surface area contributed by atoms with Gasteiger partial charge in [0.15, 0.2) is 11.4 Å². The highest BCUT2D eigenvalue weighted by Crippen LogP contribution is 2.26. The summed E-state index contributed by atoms with van der Waals surface area (Å²) in [5, 5.41) is 22.7. The molecule has 1 aromatic heterocycles. The predicted molar refractivity (Wildman–Crippen MR) is 126 cm³/mol. The Morgan fingerprint density at radius 2 is 1.77 bits per heavy atom. The van der Waals surface area contributed by atoms with E-state index in [9.17, 15) is 29.4 Å². The van der Waals surface area contributed by atoms with Crippen LogP contribution in [-0.2, 0) is 16.1 Å². The Balaban J connectivity index is 1.70. The Morgan fingerprint density at radius 1 is 1.11 bits per heavy atom. The lowest BCUT2D eigenvalue weighted by Crippen LogP contribution is -2.56. The van der Waals surface area contributed by atoms with Crippen molar-refractivity contribution in [3.8, 4) is 5.75 Å². The summed E-state index contributed by atoms with van der Waals surface area (Å²) >= 11 is 0. The molecule has 0 saturated carbocycles. The summed E-state index contributed by atoms with van der Waals surface area (Å²) in [7, 11) is 0. The van der Waals surface area contributed by atoms with Crippen LogP contribution < -0.4 is 10.7 Å². The maximum absolute atomic E-state index is 13.5. The zero-order valence-electron chi connectivity index (χ0n) is 19.6. The van der Waals surface area contributed by atoms with E-state index in [0.717, 1.165) is 17.3 Å². The first kappa shape index (κ1) is 24.4. The fraction of sp³-hybridized carbons (Fsp3) is 0.417. The lowest BCUT2D eigenvalue weighted by molar-refractivity contribution is -0.121. The summed E-state index contributed by atoms with van der Waals surface area (Å²) in [6.45, 7) is 6.77. The van der Waals surface area contributed by atoms with Gasteiger partial charge >= 0.3 is 5.97 Å².